The molecule has 1 rings (SSSR count). The van der Waals surface area contributed by atoms with Crippen LogP contribution in [0.15, 0.2) is 0 Å². The molecule has 0 aliphatic carbocycles. The smallest absolute Gasteiger partial charge is 0.500 e. The van der Waals surface area contributed by atoms with E-state index in [1.54, 1.807) is 0 Å². The Labute approximate surface area is 117 Å². The molecule has 1 atom stereocenters. The third kappa shape index (κ3) is 2.90. The van der Waals surface area contributed by atoms with Crippen LogP contribution in [0.2, 0.25) is 0 Å². The fourth-order valence-electron chi connectivity index (χ4n) is 1.41. The second-order valence-electron chi connectivity index (χ2n) is 3.18. The van der Waals surface area contributed by atoms with E-state index in [9.17, 15) is 4.79 Å². The molecule has 1 aliphatic rings. The molecule has 1 fully saturated rings. The Morgan fingerprint density at radius 1 is 1.64 bits per heavy atom. The Morgan fingerprint density at radius 2 is 2.18 bits per heavy atom. The van der Waals surface area contributed by atoms with Gasteiger partial charge in [0.2, 0.25) is 0 Å². The molecule has 11 heavy (non-hydrogen) atoms. The molecular formula is C8H13O2Rb. The monoisotopic (exact) mass is 226 g/mol. The number of carbonyl (C=O) groups excluding carboxylic acids is 1. The van der Waals surface area contributed by atoms with Crippen LogP contribution in [0, 0.1) is 17.8 Å². The van der Waals surface area contributed by atoms with Crippen LogP contribution in [0.1, 0.15) is 20.8 Å². The van der Waals surface area contributed by atoms with Crippen molar-refractivity contribution in [3.8, 4) is 0 Å². The van der Waals surface area contributed by atoms with Crippen LogP contribution < -0.4 is 58.2 Å². The van der Waals surface area contributed by atoms with Crippen molar-refractivity contribution in [2.75, 3.05) is 6.61 Å². The van der Waals surface area contributed by atoms with Gasteiger partial charge in [0.25, 0.3) is 5.97 Å². The number of carbonyl (C=O) groups is 1. The van der Waals surface area contributed by atoms with E-state index in [4.69, 9.17) is 4.74 Å². The Bertz CT molecular complexity index is 145. The third-order valence-electron chi connectivity index (χ3n) is 1.89. The molecule has 0 aromatic rings. The second-order valence-corrected chi connectivity index (χ2v) is 3.18. The normalized spacial score (nSPS) is 25.1. The maximum absolute atomic E-state index is 11.0. The van der Waals surface area contributed by atoms with E-state index in [2.05, 4.69) is 0 Å². The van der Waals surface area contributed by atoms with Crippen LogP contribution in [0.3, 0.4) is 0 Å². The minimum absolute atomic E-state index is 0. The SMILES string of the molecule is C[C-]1COC(=O)C1C(C)C.[Rb+]. The molecule has 2 nitrogen and oxygen atoms in total. The van der Waals surface area contributed by atoms with Crippen molar-refractivity contribution in [3.05, 3.63) is 5.92 Å². The standard InChI is InChI=1S/C8H13O2.Rb/c1-5(2)7-6(3)4-10-8(7)9;/h5,7H,4H2,1-3H3;/q-1;+1. The average molecular weight is 227 g/mol. The number of hydrogen-bond donors (Lipinski definition) is 0. The van der Waals surface area contributed by atoms with Crippen molar-refractivity contribution in [2.45, 2.75) is 20.8 Å². The van der Waals surface area contributed by atoms with Gasteiger partial charge in [0.05, 0.1) is 0 Å². The summed E-state index contributed by atoms with van der Waals surface area (Å²) in [6.07, 6.45) is 0. The predicted octanol–water partition coefficient (Wildman–Crippen LogP) is -1.59. The minimum atomic E-state index is -0.0486. The average Bonchev–Trinajstić information content (AvgIpc) is 2.11. The Balaban J connectivity index is 0.000001000. The quantitative estimate of drug-likeness (QED) is 0.398. The molecule has 1 heterocycles. The molecule has 1 saturated heterocycles. The Kier molecular flexibility index (Phi) is 5.69. The fourth-order valence-corrected chi connectivity index (χ4v) is 1.41. The molecule has 0 aromatic heterocycles. The number of rotatable bonds is 1. The molecule has 58 valence electrons. The van der Waals surface area contributed by atoms with E-state index in [0.29, 0.717) is 12.5 Å². The van der Waals surface area contributed by atoms with Gasteiger partial charge in [-0.25, -0.2) is 0 Å². The molecule has 0 N–H and O–H groups in total. The van der Waals surface area contributed by atoms with Gasteiger partial charge in [-0.15, -0.1) is 0 Å². The molecule has 3 heteroatoms. The number of cyclic esters (lactones) is 1. The van der Waals surface area contributed by atoms with E-state index in [-0.39, 0.29) is 70.1 Å². The molecule has 0 aromatic carbocycles. The zero-order valence-electron chi connectivity index (χ0n) is 7.68. The van der Waals surface area contributed by atoms with E-state index >= 15 is 0 Å². The van der Waals surface area contributed by atoms with Gasteiger partial charge in [0, 0.05) is 0 Å². The first-order valence-electron chi connectivity index (χ1n) is 3.62. The molecule has 0 saturated carbocycles. The molecule has 0 spiro atoms. The van der Waals surface area contributed by atoms with Gasteiger partial charge in [-0.1, -0.05) is 25.7 Å². The predicted molar refractivity (Wildman–Crippen MR) is 38.2 cm³/mol. The molecule has 0 amide bonds. The van der Waals surface area contributed by atoms with Gasteiger partial charge in [-0.3, -0.25) is 10.7 Å². The summed E-state index contributed by atoms with van der Waals surface area (Å²) < 4.78 is 4.86. The summed E-state index contributed by atoms with van der Waals surface area (Å²) in [6, 6.07) is 0. The van der Waals surface area contributed by atoms with Crippen molar-refractivity contribution in [2.24, 2.45) is 11.8 Å². The van der Waals surface area contributed by atoms with Crippen LogP contribution in [0.5, 0.6) is 0 Å². The van der Waals surface area contributed by atoms with Crippen molar-refractivity contribution in [3.63, 3.8) is 0 Å². The van der Waals surface area contributed by atoms with E-state index in [0.717, 1.165) is 0 Å². The first kappa shape index (κ1) is 12.3. The van der Waals surface area contributed by atoms with Gasteiger partial charge in [0.1, 0.15) is 0 Å². The van der Waals surface area contributed by atoms with Crippen molar-refractivity contribution < 1.29 is 67.7 Å². The summed E-state index contributed by atoms with van der Waals surface area (Å²) in [5, 5.41) is 0. The fraction of sp³-hybridized carbons (Fsp3) is 0.750. The first-order chi connectivity index (χ1) is 4.63. The van der Waals surface area contributed by atoms with Crippen LogP contribution in [0.4, 0.5) is 0 Å². The Morgan fingerprint density at radius 3 is 2.36 bits per heavy atom. The number of esters is 1. The van der Waals surface area contributed by atoms with Gasteiger partial charge >= 0.3 is 58.2 Å². The van der Waals surface area contributed by atoms with Gasteiger partial charge in [-0.05, 0) is 6.61 Å². The summed E-state index contributed by atoms with van der Waals surface area (Å²) in [5.41, 5.74) is 0. The third-order valence-corrected chi connectivity index (χ3v) is 1.89. The van der Waals surface area contributed by atoms with Crippen LogP contribution in [-0.4, -0.2) is 12.6 Å². The van der Waals surface area contributed by atoms with Gasteiger partial charge < -0.3 is 4.74 Å². The zero-order valence-corrected chi connectivity index (χ0v) is 12.6. The van der Waals surface area contributed by atoms with E-state index in [1.807, 2.05) is 20.8 Å². The summed E-state index contributed by atoms with van der Waals surface area (Å²) >= 11 is 0. The van der Waals surface area contributed by atoms with Crippen LogP contribution >= 0.6 is 0 Å². The summed E-state index contributed by atoms with van der Waals surface area (Å²) in [6.45, 7) is 6.60. The maximum atomic E-state index is 11.0. The Hall–Kier alpha value is 1.28. The van der Waals surface area contributed by atoms with Crippen LogP contribution in [0.25, 0.3) is 0 Å². The van der Waals surface area contributed by atoms with E-state index in [1.165, 1.54) is 5.92 Å². The van der Waals surface area contributed by atoms with Gasteiger partial charge in [-0.2, -0.15) is 6.92 Å². The zero-order chi connectivity index (χ0) is 7.72. The summed E-state index contributed by atoms with van der Waals surface area (Å²) in [5.74, 6) is 1.56. The number of hydrogen-bond acceptors (Lipinski definition) is 2. The second kappa shape index (κ2) is 5.10. The summed E-state index contributed by atoms with van der Waals surface area (Å²) in [4.78, 5) is 11.0. The maximum Gasteiger partial charge on any atom is 1.00 e. The van der Waals surface area contributed by atoms with Crippen molar-refractivity contribution >= 4 is 5.97 Å². The largest absolute Gasteiger partial charge is 1.00 e. The minimum Gasteiger partial charge on any atom is -0.500 e. The van der Waals surface area contributed by atoms with E-state index < -0.39 is 0 Å². The number of ether oxygens (including phenoxy) is 1. The summed E-state index contributed by atoms with van der Waals surface area (Å²) in [7, 11) is 0. The first-order valence-corrected chi connectivity index (χ1v) is 3.62. The van der Waals surface area contributed by atoms with Crippen LogP contribution in [-0.2, 0) is 9.53 Å². The van der Waals surface area contributed by atoms with Crippen molar-refractivity contribution in [1.82, 2.24) is 0 Å². The molecule has 1 unspecified atom stereocenters. The molecular weight excluding hydrogens is 214 g/mol. The molecule has 0 bridgehead atoms. The topological polar surface area (TPSA) is 26.3 Å². The van der Waals surface area contributed by atoms with Crippen molar-refractivity contribution in [1.29, 1.82) is 0 Å². The molecule has 0 radical (unpaired) electrons. The van der Waals surface area contributed by atoms with Gasteiger partial charge in [0.15, 0.2) is 0 Å². The molecule has 1 aliphatic heterocycles.